The van der Waals surface area contributed by atoms with Crippen LogP contribution in [-0.4, -0.2) is 35.3 Å². The maximum absolute atomic E-state index is 11.7. The molecule has 0 spiro atoms. The molecule has 0 aliphatic rings. The molecule has 1 heterocycles. The summed E-state index contributed by atoms with van der Waals surface area (Å²) in [6.07, 6.45) is 0. The number of nitrogens with zero attached hydrogens (tertiary/aromatic N) is 3. The number of nitrogens with one attached hydrogen (secondary N) is 1. The van der Waals surface area contributed by atoms with E-state index in [4.69, 9.17) is 5.73 Å². The maximum Gasteiger partial charge on any atom is 0.239 e. The Morgan fingerprint density at radius 2 is 2.17 bits per heavy atom. The summed E-state index contributed by atoms with van der Waals surface area (Å²) in [6.45, 7) is 8.01. The molecular weight excluding hydrogens is 230 g/mol. The normalized spacial score (nSPS) is 10.5. The Bertz CT molecular complexity index is 413. The second kappa shape index (κ2) is 6.39. The Kier molecular flexibility index (Phi) is 5.15. The lowest BCUT2D eigenvalue weighted by Crippen LogP contribution is -2.38. The Balaban J connectivity index is 2.98. The molecule has 0 unspecified atom stereocenters. The van der Waals surface area contributed by atoms with Crippen LogP contribution in [0, 0.1) is 6.92 Å². The number of hydrogen-bond donors (Lipinski definition) is 2. The molecule has 0 radical (unpaired) electrons. The van der Waals surface area contributed by atoms with Gasteiger partial charge in [-0.25, -0.2) is 0 Å². The predicted molar refractivity (Wildman–Crippen MR) is 72.4 cm³/mol. The van der Waals surface area contributed by atoms with Gasteiger partial charge in [-0.05, 0) is 20.8 Å². The van der Waals surface area contributed by atoms with Crippen molar-refractivity contribution in [2.45, 2.75) is 27.3 Å². The molecule has 6 heteroatoms. The molecule has 3 N–H and O–H groups in total. The van der Waals surface area contributed by atoms with E-state index in [0.29, 0.717) is 19.6 Å². The molecule has 0 fully saturated rings. The lowest BCUT2D eigenvalue weighted by atomic mass is 10.2. The Hall–Kier alpha value is -1.56. The Morgan fingerprint density at radius 1 is 1.50 bits per heavy atom. The van der Waals surface area contributed by atoms with Crippen LogP contribution in [0.3, 0.4) is 0 Å². The van der Waals surface area contributed by atoms with Gasteiger partial charge < -0.3 is 16.0 Å². The van der Waals surface area contributed by atoms with Gasteiger partial charge in [0.05, 0.1) is 12.2 Å². The standard InChI is InChI=1S/C12H23N5O/c1-5-14-11(18)8-17(6-2)12-10(7-13)9(3)15-16(12)4/h5-8,13H2,1-4H3,(H,14,18). The van der Waals surface area contributed by atoms with Crippen LogP contribution in [0.2, 0.25) is 0 Å². The van der Waals surface area contributed by atoms with Gasteiger partial charge in [-0.1, -0.05) is 0 Å². The van der Waals surface area contributed by atoms with Crippen LogP contribution in [0.5, 0.6) is 0 Å². The summed E-state index contributed by atoms with van der Waals surface area (Å²) < 4.78 is 1.79. The highest BCUT2D eigenvalue weighted by molar-refractivity contribution is 5.81. The number of rotatable bonds is 6. The summed E-state index contributed by atoms with van der Waals surface area (Å²) in [5.74, 6) is 0.949. The van der Waals surface area contributed by atoms with Gasteiger partial charge in [0.25, 0.3) is 0 Å². The van der Waals surface area contributed by atoms with Crippen molar-refractivity contribution < 1.29 is 4.79 Å². The molecule has 0 bridgehead atoms. The minimum absolute atomic E-state index is 0.0150. The number of amides is 1. The second-order valence-corrected chi connectivity index (χ2v) is 4.18. The zero-order valence-electron chi connectivity index (χ0n) is 11.7. The summed E-state index contributed by atoms with van der Waals surface area (Å²) in [7, 11) is 1.88. The van der Waals surface area contributed by atoms with Gasteiger partial charge in [-0.3, -0.25) is 9.48 Å². The number of carbonyl (C=O) groups excluding carboxylic acids is 1. The number of aryl methyl sites for hydroxylation is 2. The van der Waals surface area contributed by atoms with Crippen molar-refractivity contribution in [3.63, 3.8) is 0 Å². The zero-order chi connectivity index (χ0) is 13.7. The molecule has 1 aromatic heterocycles. The average molecular weight is 253 g/mol. The van der Waals surface area contributed by atoms with Crippen LogP contribution in [0.1, 0.15) is 25.1 Å². The summed E-state index contributed by atoms with van der Waals surface area (Å²) in [4.78, 5) is 13.7. The molecule has 0 atom stereocenters. The molecule has 1 amide bonds. The van der Waals surface area contributed by atoms with Gasteiger partial charge in [0.15, 0.2) is 0 Å². The predicted octanol–water partition coefficient (Wildman–Crippen LogP) is 0.150. The van der Waals surface area contributed by atoms with Crippen LogP contribution in [0.4, 0.5) is 5.82 Å². The summed E-state index contributed by atoms with van der Waals surface area (Å²) >= 11 is 0. The third kappa shape index (κ3) is 3.01. The van der Waals surface area contributed by atoms with E-state index in [1.165, 1.54) is 0 Å². The molecule has 18 heavy (non-hydrogen) atoms. The molecule has 0 saturated heterocycles. The first kappa shape index (κ1) is 14.5. The van der Waals surface area contributed by atoms with E-state index in [1.807, 2.05) is 32.7 Å². The summed E-state index contributed by atoms with van der Waals surface area (Å²) in [5, 5.41) is 7.17. The topological polar surface area (TPSA) is 76.2 Å². The first-order valence-electron chi connectivity index (χ1n) is 6.29. The third-order valence-electron chi connectivity index (χ3n) is 2.91. The second-order valence-electron chi connectivity index (χ2n) is 4.18. The van der Waals surface area contributed by atoms with Crippen molar-refractivity contribution >= 4 is 11.7 Å². The fourth-order valence-electron chi connectivity index (χ4n) is 2.09. The van der Waals surface area contributed by atoms with Gasteiger partial charge in [0, 0.05) is 32.2 Å². The lowest BCUT2D eigenvalue weighted by molar-refractivity contribution is -0.119. The van der Waals surface area contributed by atoms with Gasteiger partial charge in [-0.15, -0.1) is 0 Å². The number of aromatic nitrogens is 2. The summed E-state index contributed by atoms with van der Waals surface area (Å²) in [6, 6.07) is 0. The van der Waals surface area contributed by atoms with E-state index in [2.05, 4.69) is 10.4 Å². The molecule has 0 aliphatic heterocycles. The van der Waals surface area contributed by atoms with Gasteiger partial charge in [-0.2, -0.15) is 5.10 Å². The van der Waals surface area contributed by atoms with Crippen LogP contribution in [0.15, 0.2) is 0 Å². The fraction of sp³-hybridized carbons (Fsp3) is 0.667. The van der Waals surface area contributed by atoms with Crippen LogP contribution < -0.4 is 16.0 Å². The summed E-state index contributed by atoms with van der Waals surface area (Å²) in [5.41, 5.74) is 7.69. The molecule has 1 rings (SSSR count). The minimum atomic E-state index is 0.0150. The third-order valence-corrected chi connectivity index (χ3v) is 2.91. The maximum atomic E-state index is 11.7. The molecule has 0 aliphatic carbocycles. The number of carbonyl (C=O) groups is 1. The highest BCUT2D eigenvalue weighted by atomic mass is 16.2. The first-order valence-corrected chi connectivity index (χ1v) is 6.29. The average Bonchev–Trinajstić information content (AvgIpc) is 2.61. The molecule has 0 aromatic carbocycles. The van der Waals surface area contributed by atoms with Crippen molar-refractivity contribution in [2.75, 3.05) is 24.5 Å². The smallest absolute Gasteiger partial charge is 0.239 e. The molecule has 0 saturated carbocycles. The molecular formula is C12H23N5O. The van der Waals surface area contributed by atoms with E-state index in [-0.39, 0.29) is 5.91 Å². The SMILES string of the molecule is CCNC(=O)CN(CC)c1c(CN)c(C)nn1C. The van der Waals surface area contributed by atoms with Crippen LogP contribution in [-0.2, 0) is 18.4 Å². The largest absolute Gasteiger partial charge is 0.355 e. The van der Waals surface area contributed by atoms with Gasteiger partial charge in [0.1, 0.15) is 5.82 Å². The minimum Gasteiger partial charge on any atom is -0.355 e. The van der Waals surface area contributed by atoms with E-state index < -0.39 is 0 Å². The van der Waals surface area contributed by atoms with E-state index in [0.717, 1.165) is 23.6 Å². The van der Waals surface area contributed by atoms with Crippen molar-refractivity contribution in [1.29, 1.82) is 0 Å². The number of nitrogens with two attached hydrogens (primary N) is 1. The van der Waals surface area contributed by atoms with Crippen molar-refractivity contribution in [2.24, 2.45) is 12.8 Å². The van der Waals surface area contributed by atoms with Crippen LogP contribution >= 0.6 is 0 Å². The first-order chi connectivity index (χ1) is 8.54. The number of hydrogen-bond acceptors (Lipinski definition) is 4. The molecule has 1 aromatic rings. The Morgan fingerprint density at radius 3 is 2.67 bits per heavy atom. The highest BCUT2D eigenvalue weighted by Crippen LogP contribution is 2.22. The number of anilines is 1. The van der Waals surface area contributed by atoms with E-state index >= 15 is 0 Å². The van der Waals surface area contributed by atoms with Gasteiger partial charge in [0.2, 0.25) is 5.91 Å². The molecule has 6 nitrogen and oxygen atoms in total. The van der Waals surface area contributed by atoms with Gasteiger partial charge >= 0.3 is 0 Å². The van der Waals surface area contributed by atoms with E-state index in [1.54, 1.807) is 4.68 Å². The fourth-order valence-corrected chi connectivity index (χ4v) is 2.09. The quantitative estimate of drug-likeness (QED) is 0.756. The lowest BCUT2D eigenvalue weighted by Gasteiger charge is -2.23. The van der Waals surface area contributed by atoms with Crippen molar-refractivity contribution in [3.05, 3.63) is 11.3 Å². The highest BCUT2D eigenvalue weighted by Gasteiger charge is 2.19. The zero-order valence-corrected chi connectivity index (χ0v) is 11.7. The van der Waals surface area contributed by atoms with Crippen molar-refractivity contribution in [3.8, 4) is 0 Å². The number of likely N-dealkylation sites (N-methyl/N-ethyl adjacent to an activating group) is 2. The van der Waals surface area contributed by atoms with Crippen molar-refractivity contribution in [1.82, 2.24) is 15.1 Å². The van der Waals surface area contributed by atoms with E-state index in [9.17, 15) is 4.79 Å². The Labute approximate surface area is 108 Å². The monoisotopic (exact) mass is 253 g/mol. The van der Waals surface area contributed by atoms with Crippen LogP contribution in [0.25, 0.3) is 0 Å². The molecule has 102 valence electrons.